The number of nitrogens with one attached hydrogen (secondary N) is 1. The molecule has 0 aliphatic rings. The number of aryl methyl sites for hydroxylation is 1. The Bertz CT molecular complexity index is 404. The zero-order valence-electron chi connectivity index (χ0n) is 7.16. The van der Waals surface area contributed by atoms with Crippen LogP contribution in [0, 0.1) is 3.70 Å². The van der Waals surface area contributed by atoms with Crippen molar-refractivity contribution in [3.8, 4) is 11.4 Å². The Hall–Kier alpha value is -0.850. The molecule has 0 aliphatic heterocycles. The molecule has 0 aromatic carbocycles. The molecule has 0 aliphatic carbocycles. The minimum absolute atomic E-state index is 0.879. The van der Waals surface area contributed by atoms with E-state index >= 15 is 0 Å². The maximum absolute atomic E-state index is 4.22. The smallest absolute Gasteiger partial charge is 0.141 e. The summed E-state index contributed by atoms with van der Waals surface area (Å²) in [7, 11) is 0. The highest BCUT2D eigenvalue weighted by Gasteiger charge is 2.03. The number of imidazole rings is 1. The Morgan fingerprint density at radius 1 is 1.54 bits per heavy atom. The number of aromatic nitrogens is 4. The number of halogens is 1. The zero-order valence-corrected chi connectivity index (χ0v) is 9.32. The topological polar surface area (TPSA) is 46.5 Å². The van der Waals surface area contributed by atoms with Gasteiger partial charge >= 0.3 is 0 Å². The molecular formula is C8H9IN4. The monoisotopic (exact) mass is 288 g/mol. The van der Waals surface area contributed by atoms with Gasteiger partial charge in [-0.1, -0.05) is 0 Å². The van der Waals surface area contributed by atoms with Gasteiger partial charge < -0.3 is 4.98 Å². The van der Waals surface area contributed by atoms with E-state index in [1.165, 1.54) is 0 Å². The molecule has 0 saturated heterocycles. The molecular weight excluding hydrogens is 279 g/mol. The second-order valence-electron chi connectivity index (χ2n) is 2.66. The van der Waals surface area contributed by atoms with Gasteiger partial charge in [-0.3, -0.25) is 4.68 Å². The van der Waals surface area contributed by atoms with Gasteiger partial charge in [0.05, 0.1) is 21.7 Å². The Labute approximate surface area is 89.5 Å². The first kappa shape index (κ1) is 8.74. The van der Waals surface area contributed by atoms with Gasteiger partial charge in [0.15, 0.2) is 0 Å². The number of hydrogen-bond donors (Lipinski definition) is 1. The van der Waals surface area contributed by atoms with Crippen LogP contribution in [-0.2, 0) is 6.54 Å². The lowest BCUT2D eigenvalue weighted by molar-refractivity contribution is 0.660. The van der Waals surface area contributed by atoms with Crippen LogP contribution in [0.25, 0.3) is 11.4 Å². The molecule has 2 aromatic heterocycles. The quantitative estimate of drug-likeness (QED) is 0.858. The van der Waals surface area contributed by atoms with E-state index in [0.29, 0.717) is 0 Å². The van der Waals surface area contributed by atoms with E-state index in [0.717, 1.165) is 21.6 Å². The van der Waals surface area contributed by atoms with Crippen LogP contribution in [0.4, 0.5) is 0 Å². The van der Waals surface area contributed by atoms with Gasteiger partial charge in [0.2, 0.25) is 0 Å². The maximum atomic E-state index is 4.22. The van der Waals surface area contributed by atoms with Crippen molar-refractivity contribution in [2.24, 2.45) is 0 Å². The van der Waals surface area contributed by atoms with E-state index in [9.17, 15) is 0 Å². The molecule has 68 valence electrons. The van der Waals surface area contributed by atoms with Crippen LogP contribution in [0.5, 0.6) is 0 Å². The van der Waals surface area contributed by atoms with Crippen LogP contribution in [0.3, 0.4) is 0 Å². The third-order valence-corrected chi connectivity index (χ3v) is 2.32. The molecule has 2 heterocycles. The number of rotatable bonds is 2. The van der Waals surface area contributed by atoms with Gasteiger partial charge in [0.1, 0.15) is 5.82 Å². The average Bonchev–Trinajstić information content (AvgIpc) is 2.71. The first-order valence-electron chi connectivity index (χ1n) is 4.03. The third-order valence-electron chi connectivity index (χ3n) is 1.78. The Morgan fingerprint density at radius 2 is 2.38 bits per heavy atom. The second kappa shape index (κ2) is 3.49. The molecule has 4 nitrogen and oxygen atoms in total. The van der Waals surface area contributed by atoms with E-state index in [1.807, 2.05) is 17.1 Å². The van der Waals surface area contributed by atoms with Crippen LogP contribution in [0.15, 0.2) is 18.6 Å². The van der Waals surface area contributed by atoms with Crippen molar-refractivity contribution in [2.75, 3.05) is 0 Å². The van der Waals surface area contributed by atoms with E-state index in [-0.39, 0.29) is 0 Å². The highest BCUT2D eigenvalue weighted by Crippen LogP contribution is 2.14. The summed E-state index contributed by atoms with van der Waals surface area (Å²) in [4.78, 5) is 7.37. The van der Waals surface area contributed by atoms with Crippen molar-refractivity contribution < 1.29 is 0 Å². The van der Waals surface area contributed by atoms with Crippen molar-refractivity contribution in [1.29, 1.82) is 0 Å². The summed E-state index contributed by atoms with van der Waals surface area (Å²) in [5, 5.41) is 4.17. The van der Waals surface area contributed by atoms with Crippen molar-refractivity contribution in [2.45, 2.75) is 13.5 Å². The highest BCUT2D eigenvalue weighted by molar-refractivity contribution is 14.1. The fourth-order valence-corrected chi connectivity index (χ4v) is 1.50. The summed E-state index contributed by atoms with van der Waals surface area (Å²) in [6.07, 6.45) is 5.60. The zero-order chi connectivity index (χ0) is 9.26. The molecule has 0 atom stereocenters. The molecule has 0 bridgehead atoms. The van der Waals surface area contributed by atoms with E-state index in [1.54, 1.807) is 6.20 Å². The van der Waals surface area contributed by atoms with Crippen molar-refractivity contribution >= 4 is 22.6 Å². The van der Waals surface area contributed by atoms with Crippen LogP contribution in [0.2, 0.25) is 0 Å². The van der Waals surface area contributed by atoms with Gasteiger partial charge in [0.25, 0.3) is 0 Å². The predicted octanol–water partition coefficient (Wildman–Crippen LogP) is 1.90. The summed E-state index contributed by atoms with van der Waals surface area (Å²) in [5.74, 6) is 0.879. The minimum atomic E-state index is 0.879. The van der Waals surface area contributed by atoms with Gasteiger partial charge in [-0.25, -0.2) is 4.98 Å². The molecule has 0 amide bonds. The van der Waals surface area contributed by atoms with Gasteiger partial charge in [-0.05, 0) is 29.5 Å². The van der Waals surface area contributed by atoms with Crippen LogP contribution in [0.1, 0.15) is 6.92 Å². The summed E-state index contributed by atoms with van der Waals surface area (Å²) < 4.78 is 2.92. The average molecular weight is 288 g/mol. The van der Waals surface area contributed by atoms with Gasteiger partial charge in [-0.15, -0.1) is 0 Å². The Kier molecular flexibility index (Phi) is 2.34. The van der Waals surface area contributed by atoms with E-state index < -0.39 is 0 Å². The maximum Gasteiger partial charge on any atom is 0.141 e. The largest absolute Gasteiger partial charge is 0.333 e. The van der Waals surface area contributed by atoms with Crippen LogP contribution < -0.4 is 0 Å². The normalized spacial score (nSPS) is 10.6. The first-order chi connectivity index (χ1) is 6.29. The predicted molar refractivity (Wildman–Crippen MR) is 58.2 cm³/mol. The number of hydrogen-bond acceptors (Lipinski definition) is 2. The molecule has 2 aromatic rings. The molecule has 13 heavy (non-hydrogen) atoms. The number of aromatic amines is 1. The molecule has 0 fully saturated rings. The second-order valence-corrected chi connectivity index (χ2v) is 3.83. The van der Waals surface area contributed by atoms with Crippen LogP contribution >= 0.6 is 22.6 Å². The molecule has 2 rings (SSSR count). The Morgan fingerprint density at radius 3 is 2.92 bits per heavy atom. The lowest BCUT2D eigenvalue weighted by Crippen LogP contribution is -1.92. The van der Waals surface area contributed by atoms with Crippen molar-refractivity contribution in [1.82, 2.24) is 19.7 Å². The van der Waals surface area contributed by atoms with Crippen molar-refractivity contribution in [3.05, 3.63) is 22.3 Å². The minimum Gasteiger partial charge on any atom is -0.333 e. The summed E-state index contributed by atoms with van der Waals surface area (Å²) >= 11 is 2.20. The molecule has 0 spiro atoms. The van der Waals surface area contributed by atoms with Gasteiger partial charge in [0, 0.05) is 12.7 Å². The number of H-pyrrole nitrogens is 1. The number of nitrogens with zero attached hydrogens (tertiary/aromatic N) is 3. The molecule has 5 heteroatoms. The fraction of sp³-hybridized carbons (Fsp3) is 0.250. The SMILES string of the molecule is CCn1cc(-c2ncc(I)[nH]2)cn1. The van der Waals surface area contributed by atoms with E-state index in [2.05, 4.69) is 44.6 Å². The first-order valence-corrected chi connectivity index (χ1v) is 5.11. The lowest BCUT2D eigenvalue weighted by atomic mass is 10.3. The summed E-state index contributed by atoms with van der Waals surface area (Å²) in [6, 6.07) is 0. The molecule has 0 unspecified atom stereocenters. The molecule has 0 radical (unpaired) electrons. The third kappa shape index (κ3) is 1.74. The molecule has 0 saturated carbocycles. The summed E-state index contributed by atoms with van der Waals surface area (Å²) in [5.41, 5.74) is 1.03. The Balaban J connectivity index is 2.35. The van der Waals surface area contributed by atoms with Crippen molar-refractivity contribution in [3.63, 3.8) is 0 Å². The fourth-order valence-electron chi connectivity index (χ4n) is 1.10. The standard InChI is InChI=1S/C8H9IN4/c1-2-13-5-6(3-11-13)8-10-4-7(9)12-8/h3-5H,2H2,1H3,(H,10,12). The van der Waals surface area contributed by atoms with Gasteiger partial charge in [-0.2, -0.15) is 5.10 Å². The highest BCUT2D eigenvalue weighted by atomic mass is 127. The lowest BCUT2D eigenvalue weighted by Gasteiger charge is -1.90. The summed E-state index contributed by atoms with van der Waals surface area (Å²) in [6.45, 7) is 2.94. The van der Waals surface area contributed by atoms with Crippen LogP contribution in [-0.4, -0.2) is 19.7 Å². The van der Waals surface area contributed by atoms with E-state index in [4.69, 9.17) is 0 Å². The molecule has 1 N–H and O–H groups in total.